The van der Waals surface area contributed by atoms with E-state index in [9.17, 15) is 0 Å². The van der Waals surface area contributed by atoms with Gasteiger partial charge in [0.05, 0.1) is 0 Å². The van der Waals surface area contributed by atoms with Gasteiger partial charge in [-0.15, -0.1) is 0 Å². The molecule has 0 spiro atoms. The van der Waals surface area contributed by atoms with Gasteiger partial charge in [0.2, 0.25) is 0 Å². The molecule has 3 heteroatoms. The highest BCUT2D eigenvalue weighted by Crippen LogP contribution is 2.37. The number of hydrazine groups is 1. The predicted molar refractivity (Wildman–Crippen MR) is 66.3 cm³/mol. The summed E-state index contributed by atoms with van der Waals surface area (Å²) in [6.07, 6.45) is 3.89. The summed E-state index contributed by atoms with van der Waals surface area (Å²) < 4.78 is 1.13. The lowest BCUT2D eigenvalue weighted by Gasteiger charge is -2.17. The van der Waals surface area contributed by atoms with Crippen LogP contribution in [-0.2, 0) is 0 Å². The Hall–Kier alpha value is -0.380. The fraction of sp³-hybridized carbons (Fsp3) is 0.500. The minimum absolute atomic E-state index is 0.300. The lowest BCUT2D eigenvalue weighted by Crippen LogP contribution is -2.28. The smallest absolute Gasteiger partial charge is 0.0463 e. The van der Waals surface area contributed by atoms with Crippen LogP contribution in [0.15, 0.2) is 22.7 Å². The van der Waals surface area contributed by atoms with Gasteiger partial charge in [-0.2, -0.15) is 0 Å². The highest BCUT2D eigenvalue weighted by atomic mass is 79.9. The summed E-state index contributed by atoms with van der Waals surface area (Å²) in [5, 5.41) is 0. The fourth-order valence-electron chi connectivity index (χ4n) is 1.95. The van der Waals surface area contributed by atoms with Crippen LogP contribution in [0.5, 0.6) is 0 Å². The van der Waals surface area contributed by atoms with Crippen molar-refractivity contribution in [3.05, 3.63) is 33.8 Å². The largest absolute Gasteiger partial charge is 0.271 e. The first-order valence-corrected chi connectivity index (χ1v) is 6.21. The Morgan fingerprint density at radius 2 is 2.20 bits per heavy atom. The molecule has 3 N–H and O–H groups in total. The molecule has 1 aliphatic carbocycles. The standard InChI is InChI=1S/C12H17BrN2/c1-8-4-10(7-11(13)5-8)12(15-14)6-9-2-3-9/h4-5,7,9,12,15H,2-3,6,14H2,1H3. The highest BCUT2D eigenvalue weighted by molar-refractivity contribution is 9.10. The molecule has 15 heavy (non-hydrogen) atoms. The van der Waals surface area contributed by atoms with Crippen LogP contribution in [0, 0.1) is 12.8 Å². The number of nitrogens with one attached hydrogen (secondary N) is 1. The molecule has 1 aromatic rings. The Balaban J connectivity index is 2.16. The van der Waals surface area contributed by atoms with Crippen molar-refractivity contribution in [2.45, 2.75) is 32.2 Å². The molecular formula is C12H17BrN2. The second-order valence-corrected chi connectivity index (χ2v) is 5.38. The molecule has 0 saturated heterocycles. The van der Waals surface area contributed by atoms with Gasteiger partial charge in [-0.05, 0) is 42.5 Å². The Morgan fingerprint density at radius 3 is 2.73 bits per heavy atom. The zero-order valence-electron chi connectivity index (χ0n) is 8.96. The van der Waals surface area contributed by atoms with Gasteiger partial charge in [0.25, 0.3) is 0 Å². The average molecular weight is 269 g/mol. The Kier molecular flexibility index (Phi) is 3.44. The quantitative estimate of drug-likeness (QED) is 0.651. The number of halogens is 1. The number of benzene rings is 1. The third-order valence-corrected chi connectivity index (χ3v) is 3.39. The molecule has 0 radical (unpaired) electrons. The molecule has 1 aromatic carbocycles. The van der Waals surface area contributed by atoms with E-state index in [4.69, 9.17) is 5.84 Å². The third-order valence-electron chi connectivity index (χ3n) is 2.93. The third kappa shape index (κ3) is 3.03. The van der Waals surface area contributed by atoms with E-state index in [0.29, 0.717) is 6.04 Å². The molecule has 2 nitrogen and oxygen atoms in total. The minimum atomic E-state index is 0.300. The Labute approximate surface area is 99.3 Å². The maximum atomic E-state index is 5.62. The van der Waals surface area contributed by atoms with E-state index >= 15 is 0 Å². The molecule has 0 heterocycles. The van der Waals surface area contributed by atoms with E-state index in [2.05, 4.69) is 46.5 Å². The van der Waals surface area contributed by atoms with E-state index < -0.39 is 0 Å². The molecule has 2 rings (SSSR count). The Bertz CT molecular complexity index is 327. The van der Waals surface area contributed by atoms with Crippen molar-refractivity contribution in [3.8, 4) is 0 Å². The van der Waals surface area contributed by atoms with Gasteiger partial charge in [0.15, 0.2) is 0 Å². The van der Waals surface area contributed by atoms with Crippen LogP contribution in [0.1, 0.15) is 36.4 Å². The van der Waals surface area contributed by atoms with E-state index in [1.807, 2.05) is 0 Å². The molecule has 1 aliphatic rings. The van der Waals surface area contributed by atoms with Crippen molar-refractivity contribution in [2.24, 2.45) is 11.8 Å². The highest BCUT2D eigenvalue weighted by Gasteiger charge is 2.25. The maximum Gasteiger partial charge on any atom is 0.0463 e. The molecule has 0 bridgehead atoms. The summed E-state index contributed by atoms with van der Waals surface area (Å²) in [5.41, 5.74) is 5.49. The van der Waals surface area contributed by atoms with Crippen LogP contribution >= 0.6 is 15.9 Å². The fourth-order valence-corrected chi connectivity index (χ4v) is 2.58. The van der Waals surface area contributed by atoms with Crippen LogP contribution in [0.25, 0.3) is 0 Å². The summed E-state index contributed by atoms with van der Waals surface area (Å²) in [7, 11) is 0. The SMILES string of the molecule is Cc1cc(Br)cc(C(CC2CC2)NN)c1. The number of hydrogen-bond donors (Lipinski definition) is 2. The molecule has 1 unspecified atom stereocenters. The van der Waals surface area contributed by atoms with Crippen molar-refractivity contribution in [2.75, 3.05) is 0 Å². The predicted octanol–water partition coefficient (Wildman–Crippen LogP) is 3.06. The molecular weight excluding hydrogens is 252 g/mol. The van der Waals surface area contributed by atoms with Crippen molar-refractivity contribution in [1.82, 2.24) is 5.43 Å². The second-order valence-electron chi connectivity index (χ2n) is 4.46. The van der Waals surface area contributed by atoms with E-state index in [0.717, 1.165) is 16.8 Å². The van der Waals surface area contributed by atoms with Gasteiger partial charge in [-0.1, -0.05) is 34.8 Å². The molecule has 0 amide bonds. The van der Waals surface area contributed by atoms with Gasteiger partial charge in [-0.3, -0.25) is 11.3 Å². The second kappa shape index (κ2) is 4.64. The monoisotopic (exact) mass is 268 g/mol. The minimum Gasteiger partial charge on any atom is -0.271 e. The van der Waals surface area contributed by atoms with Crippen molar-refractivity contribution < 1.29 is 0 Å². The molecule has 1 fully saturated rings. The lowest BCUT2D eigenvalue weighted by atomic mass is 10.0. The normalized spacial score (nSPS) is 17.8. The molecule has 0 aliphatic heterocycles. The van der Waals surface area contributed by atoms with Gasteiger partial charge < -0.3 is 0 Å². The van der Waals surface area contributed by atoms with Crippen LogP contribution < -0.4 is 11.3 Å². The molecule has 0 aromatic heterocycles. The zero-order valence-corrected chi connectivity index (χ0v) is 10.5. The summed E-state index contributed by atoms with van der Waals surface area (Å²) in [4.78, 5) is 0. The van der Waals surface area contributed by atoms with Crippen LogP contribution in [0.4, 0.5) is 0 Å². The topological polar surface area (TPSA) is 38.0 Å². The van der Waals surface area contributed by atoms with Gasteiger partial charge >= 0.3 is 0 Å². The number of rotatable bonds is 4. The maximum absolute atomic E-state index is 5.62. The molecule has 1 saturated carbocycles. The molecule has 1 atom stereocenters. The van der Waals surface area contributed by atoms with Gasteiger partial charge in [0, 0.05) is 10.5 Å². The van der Waals surface area contributed by atoms with E-state index in [1.165, 1.54) is 24.0 Å². The van der Waals surface area contributed by atoms with Crippen LogP contribution in [-0.4, -0.2) is 0 Å². The molecule has 82 valence electrons. The van der Waals surface area contributed by atoms with Gasteiger partial charge in [-0.25, -0.2) is 0 Å². The number of nitrogens with two attached hydrogens (primary N) is 1. The van der Waals surface area contributed by atoms with E-state index in [1.54, 1.807) is 0 Å². The first kappa shape index (κ1) is 11.1. The van der Waals surface area contributed by atoms with Crippen molar-refractivity contribution >= 4 is 15.9 Å². The average Bonchev–Trinajstić information content (AvgIpc) is 2.96. The number of aryl methyl sites for hydroxylation is 1. The Morgan fingerprint density at radius 1 is 1.47 bits per heavy atom. The number of hydrogen-bond acceptors (Lipinski definition) is 2. The summed E-state index contributed by atoms with van der Waals surface area (Å²) >= 11 is 3.52. The van der Waals surface area contributed by atoms with Crippen molar-refractivity contribution in [3.63, 3.8) is 0 Å². The first-order valence-electron chi connectivity index (χ1n) is 5.42. The lowest BCUT2D eigenvalue weighted by molar-refractivity contribution is 0.487. The summed E-state index contributed by atoms with van der Waals surface area (Å²) in [6.45, 7) is 2.11. The first-order chi connectivity index (χ1) is 7.19. The summed E-state index contributed by atoms with van der Waals surface area (Å²) in [6, 6.07) is 6.78. The summed E-state index contributed by atoms with van der Waals surface area (Å²) in [5.74, 6) is 6.50. The zero-order chi connectivity index (χ0) is 10.8. The van der Waals surface area contributed by atoms with Crippen LogP contribution in [0.3, 0.4) is 0 Å². The van der Waals surface area contributed by atoms with Crippen LogP contribution in [0.2, 0.25) is 0 Å². The van der Waals surface area contributed by atoms with Crippen molar-refractivity contribution in [1.29, 1.82) is 0 Å². The van der Waals surface area contributed by atoms with Gasteiger partial charge in [0.1, 0.15) is 0 Å². The van der Waals surface area contributed by atoms with E-state index in [-0.39, 0.29) is 0 Å².